The number of H-pyrrole nitrogens is 1. The zero-order chi connectivity index (χ0) is 57.5. The second-order valence-corrected chi connectivity index (χ2v) is 22.7. The minimum atomic E-state index is 0.0320. The molecule has 21 nitrogen and oxygen atoms in total. The molecule has 5 fully saturated rings. The number of rotatable bonds is 14. The van der Waals surface area contributed by atoms with E-state index in [4.69, 9.17) is 9.26 Å². The Morgan fingerprint density at radius 1 is 0.613 bits per heavy atom. The number of benzene rings is 1. The van der Waals surface area contributed by atoms with Gasteiger partial charge in [0, 0.05) is 178 Å². The van der Waals surface area contributed by atoms with E-state index in [-0.39, 0.29) is 23.6 Å². The van der Waals surface area contributed by atoms with Crippen LogP contribution in [0.1, 0.15) is 146 Å². The summed E-state index contributed by atoms with van der Waals surface area (Å²) in [6.45, 7) is 36.6. The van der Waals surface area contributed by atoms with Crippen molar-refractivity contribution in [2.45, 2.75) is 132 Å². The van der Waals surface area contributed by atoms with Crippen molar-refractivity contribution < 1.29 is 28.4 Å². The number of ether oxygens (including phenoxy) is 1. The van der Waals surface area contributed by atoms with Crippen molar-refractivity contribution in [1.29, 1.82) is 0 Å². The van der Waals surface area contributed by atoms with Crippen molar-refractivity contribution in [3.05, 3.63) is 88.6 Å². The second-order valence-electron chi connectivity index (χ2n) is 22.7. The van der Waals surface area contributed by atoms with Crippen LogP contribution < -0.4 is 0 Å². The predicted octanol–water partition coefficient (Wildman–Crippen LogP) is 6.05. The standard InChI is InChI=1S/C16H20N4O.C15H25N3O2.C14H24N4O2.C14H22N4O/c1-12(2)19-7-9-20(10-8-19)16(21)13-3-4-14-15(11-13)18-6-5-17-14;1-5-6-13-14(12(4)16-20-13)15(19)18-9-7-17(8-10-18)11(2)3;1-12(2)16-6-8-17(9-7-16)14(19)13-4-5-18(15-13)10-11-20-3;1-10(2)17-5-7-18(8-6-17)14(19)13-9-12(15-16-13)11-3-4-11/h3-6,11-12H,7-10H2,1-2H3;11H,5-10H2,1-4H3;4-5,12H,6-11H2,1-3H3;9-11H,3-8H2,1-2H3,(H,15,16). The average molecular weight is 1110 g/mol. The van der Waals surface area contributed by atoms with E-state index in [9.17, 15) is 19.2 Å². The molecule has 0 atom stereocenters. The number of hydrogen-bond donors (Lipinski definition) is 1. The lowest BCUT2D eigenvalue weighted by molar-refractivity contribution is 0.0584. The Labute approximate surface area is 474 Å². The lowest BCUT2D eigenvalue weighted by Gasteiger charge is -2.37. The highest BCUT2D eigenvalue weighted by molar-refractivity contribution is 5.98. The van der Waals surface area contributed by atoms with E-state index in [1.54, 1.807) is 30.3 Å². The summed E-state index contributed by atoms with van der Waals surface area (Å²) < 4.78 is 12.1. The van der Waals surface area contributed by atoms with E-state index >= 15 is 0 Å². The summed E-state index contributed by atoms with van der Waals surface area (Å²) in [6.07, 6.45) is 9.32. The Kier molecular flexibility index (Phi) is 22.7. The Hall–Kier alpha value is -6.13. The molecule has 10 rings (SSSR count). The fraction of sp³-hybridized carbons (Fsp3) is 0.644. The zero-order valence-corrected chi connectivity index (χ0v) is 49.8. The van der Waals surface area contributed by atoms with Gasteiger partial charge in [-0.3, -0.25) is 58.5 Å². The topological polar surface area (TPSA) is 202 Å². The van der Waals surface area contributed by atoms with Crippen LogP contribution in [0.25, 0.3) is 11.0 Å². The number of aromatic amines is 1. The van der Waals surface area contributed by atoms with Gasteiger partial charge in [0.05, 0.1) is 29.9 Å². The third kappa shape index (κ3) is 16.7. The van der Waals surface area contributed by atoms with Crippen molar-refractivity contribution in [1.82, 2.24) is 74.3 Å². The molecule has 1 N–H and O–H groups in total. The van der Waals surface area contributed by atoms with Crippen molar-refractivity contribution in [3.8, 4) is 0 Å². The molecule has 5 aromatic rings. The van der Waals surface area contributed by atoms with Crippen LogP contribution >= 0.6 is 0 Å². The third-order valence-electron chi connectivity index (χ3n) is 15.9. The van der Waals surface area contributed by atoms with Gasteiger partial charge in [-0.2, -0.15) is 10.2 Å². The number of nitrogens with one attached hydrogen (secondary N) is 1. The summed E-state index contributed by atoms with van der Waals surface area (Å²) in [6, 6.07) is 11.4. The SMILES string of the molecule is CC(C)N1CCN(C(=O)c2cc(C3CC3)[nH]n2)CC1.CC(C)N1CCN(C(=O)c2ccc3nccnc3c2)CC1.CCCc1onc(C)c1C(=O)N1CCN(C(C)C)CC1.COCCn1ccc(C(=O)N2CCN(C(C)C)CC2)n1. The highest BCUT2D eigenvalue weighted by Gasteiger charge is 2.31. The molecule has 4 aliphatic heterocycles. The first-order chi connectivity index (χ1) is 38.5. The first kappa shape index (κ1) is 61.5. The van der Waals surface area contributed by atoms with Gasteiger partial charge in [0.25, 0.3) is 23.6 Å². The zero-order valence-electron chi connectivity index (χ0n) is 49.8. The third-order valence-corrected chi connectivity index (χ3v) is 15.9. The molecule has 0 unspecified atom stereocenters. The van der Waals surface area contributed by atoms with Crippen LogP contribution in [0.2, 0.25) is 0 Å². The normalized spacial score (nSPS) is 17.8. The minimum Gasteiger partial charge on any atom is -0.383 e. The summed E-state index contributed by atoms with van der Waals surface area (Å²) in [5.41, 5.74) is 5.92. The molecule has 4 amide bonds. The van der Waals surface area contributed by atoms with E-state index in [0.29, 0.717) is 71.4 Å². The highest BCUT2D eigenvalue weighted by Crippen LogP contribution is 2.39. The summed E-state index contributed by atoms with van der Waals surface area (Å²) >= 11 is 0. The van der Waals surface area contributed by atoms with Gasteiger partial charge in [-0.25, -0.2) is 0 Å². The van der Waals surface area contributed by atoms with Gasteiger partial charge in [0.15, 0.2) is 0 Å². The highest BCUT2D eigenvalue weighted by atomic mass is 16.5. The van der Waals surface area contributed by atoms with E-state index in [1.807, 2.05) is 57.0 Å². The number of fused-ring (bicyclic) bond motifs is 1. The molecule has 21 heteroatoms. The van der Waals surface area contributed by atoms with Gasteiger partial charge < -0.3 is 28.9 Å². The average Bonchev–Trinajstić information content (AvgIpc) is 3.83. The number of piperazine rings is 4. The molecule has 0 radical (unpaired) electrons. The smallest absolute Gasteiger partial charge is 0.274 e. The number of aryl methyl sites for hydroxylation is 2. The molecule has 5 aliphatic rings. The minimum absolute atomic E-state index is 0.0320. The number of amides is 4. The molecule has 4 saturated heterocycles. The molecule has 80 heavy (non-hydrogen) atoms. The van der Waals surface area contributed by atoms with E-state index in [2.05, 4.69) is 112 Å². The van der Waals surface area contributed by atoms with Crippen molar-refractivity contribution in [3.63, 3.8) is 0 Å². The Morgan fingerprint density at radius 3 is 1.56 bits per heavy atom. The van der Waals surface area contributed by atoms with Gasteiger partial charge in [-0.1, -0.05) is 12.1 Å². The summed E-state index contributed by atoms with van der Waals surface area (Å²) in [7, 11) is 1.66. The van der Waals surface area contributed by atoms with Crippen LogP contribution in [0.15, 0.2) is 53.4 Å². The fourth-order valence-corrected chi connectivity index (χ4v) is 10.4. The summed E-state index contributed by atoms with van der Waals surface area (Å²) in [5.74, 6) is 1.63. The maximum absolute atomic E-state index is 12.7. The van der Waals surface area contributed by atoms with Gasteiger partial charge in [0.2, 0.25) is 0 Å². The molecule has 1 aromatic carbocycles. The molecule has 8 heterocycles. The first-order valence-corrected chi connectivity index (χ1v) is 29.3. The molecular formula is C59H91N15O6. The molecular weight excluding hydrogens is 1010 g/mol. The molecule has 1 saturated carbocycles. The molecule has 0 spiro atoms. The second kappa shape index (κ2) is 29.5. The van der Waals surface area contributed by atoms with Crippen LogP contribution in [0.5, 0.6) is 0 Å². The number of carbonyl (C=O) groups excluding carboxylic acids is 4. The number of carbonyl (C=O) groups is 4. The van der Waals surface area contributed by atoms with Gasteiger partial charge in [0.1, 0.15) is 22.7 Å². The Morgan fingerprint density at radius 2 is 1.09 bits per heavy atom. The first-order valence-electron chi connectivity index (χ1n) is 29.3. The van der Waals surface area contributed by atoms with Crippen molar-refractivity contribution in [2.75, 3.05) is 118 Å². The number of nitrogens with zero attached hydrogens (tertiary/aromatic N) is 14. The lowest BCUT2D eigenvalue weighted by Crippen LogP contribution is -2.50. The lowest BCUT2D eigenvalue weighted by atomic mass is 10.1. The molecule has 438 valence electrons. The van der Waals surface area contributed by atoms with E-state index in [0.717, 1.165) is 140 Å². The van der Waals surface area contributed by atoms with Crippen LogP contribution in [0.3, 0.4) is 0 Å². The Balaban J connectivity index is 0.000000154. The van der Waals surface area contributed by atoms with Gasteiger partial charge in [-0.15, -0.1) is 0 Å². The fourth-order valence-electron chi connectivity index (χ4n) is 10.4. The quantitative estimate of drug-likeness (QED) is 0.135. The van der Waals surface area contributed by atoms with E-state index < -0.39 is 0 Å². The Bertz CT molecular complexity index is 2730. The molecule has 0 bridgehead atoms. The predicted molar refractivity (Wildman–Crippen MR) is 310 cm³/mol. The van der Waals surface area contributed by atoms with Crippen LogP contribution in [0.4, 0.5) is 0 Å². The molecule has 4 aromatic heterocycles. The number of hydrogen-bond acceptors (Lipinski definition) is 15. The monoisotopic (exact) mass is 1110 g/mol. The summed E-state index contributed by atoms with van der Waals surface area (Å²) in [5, 5.41) is 15.5. The van der Waals surface area contributed by atoms with Crippen LogP contribution in [-0.4, -0.2) is 241 Å². The van der Waals surface area contributed by atoms with Crippen LogP contribution in [-0.2, 0) is 17.7 Å². The van der Waals surface area contributed by atoms with Gasteiger partial charge in [-0.05, 0) is 112 Å². The van der Waals surface area contributed by atoms with Gasteiger partial charge >= 0.3 is 0 Å². The largest absolute Gasteiger partial charge is 0.383 e. The van der Waals surface area contributed by atoms with Crippen molar-refractivity contribution >= 4 is 34.7 Å². The number of methoxy groups -OCH3 is 1. The summed E-state index contributed by atoms with van der Waals surface area (Å²) in [4.78, 5) is 75.7. The van der Waals surface area contributed by atoms with Crippen LogP contribution in [0, 0.1) is 6.92 Å². The number of aromatic nitrogens is 7. The maximum Gasteiger partial charge on any atom is 0.274 e. The molecule has 1 aliphatic carbocycles. The van der Waals surface area contributed by atoms with Crippen molar-refractivity contribution in [2.24, 2.45) is 0 Å². The maximum atomic E-state index is 12.7. The van der Waals surface area contributed by atoms with E-state index in [1.165, 1.54) is 12.8 Å².